The zero-order valence-corrected chi connectivity index (χ0v) is 17.1. The molecule has 0 aromatic heterocycles. The SMILES string of the molecule is CCOc1ccccc1N1C(=O)NC(=O)/C(=C/c2ccc(N(C)C)c([N+](=O)[O-])c2)C1=O. The van der Waals surface area contributed by atoms with E-state index >= 15 is 0 Å². The summed E-state index contributed by atoms with van der Waals surface area (Å²) >= 11 is 0. The highest BCUT2D eigenvalue weighted by Gasteiger charge is 2.38. The molecule has 1 fully saturated rings. The number of carbonyl (C=O) groups is 3. The van der Waals surface area contributed by atoms with E-state index in [1.165, 1.54) is 24.3 Å². The largest absolute Gasteiger partial charge is 0.492 e. The number of hydrogen-bond acceptors (Lipinski definition) is 7. The van der Waals surface area contributed by atoms with Crippen LogP contribution in [0.2, 0.25) is 0 Å². The third kappa shape index (κ3) is 4.22. The van der Waals surface area contributed by atoms with Crippen LogP contribution in [0.4, 0.5) is 21.9 Å². The van der Waals surface area contributed by atoms with Crippen molar-refractivity contribution in [3.63, 3.8) is 0 Å². The summed E-state index contributed by atoms with van der Waals surface area (Å²) in [6, 6.07) is 9.85. The lowest BCUT2D eigenvalue weighted by atomic mass is 10.1. The minimum absolute atomic E-state index is 0.180. The van der Waals surface area contributed by atoms with Gasteiger partial charge in [0.1, 0.15) is 17.0 Å². The molecular formula is C21H20N4O6. The summed E-state index contributed by atoms with van der Waals surface area (Å²) in [5.74, 6) is -1.45. The van der Waals surface area contributed by atoms with Crippen molar-refractivity contribution in [1.82, 2.24) is 5.32 Å². The molecule has 3 rings (SSSR count). The zero-order valence-electron chi connectivity index (χ0n) is 17.1. The van der Waals surface area contributed by atoms with Crippen LogP contribution in [0.25, 0.3) is 6.08 Å². The third-order valence-electron chi connectivity index (χ3n) is 4.50. The highest BCUT2D eigenvalue weighted by Crippen LogP contribution is 2.32. The van der Waals surface area contributed by atoms with Gasteiger partial charge in [-0.2, -0.15) is 0 Å². The molecule has 1 N–H and O–H groups in total. The lowest BCUT2D eigenvalue weighted by Crippen LogP contribution is -2.54. The number of imide groups is 2. The number of hydrogen-bond donors (Lipinski definition) is 1. The van der Waals surface area contributed by atoms with Crippen molar-refractivity contribution in [3.8, 4) is 5.75 Å². The van der Waals surface area contributed by atoms with Gasteiger partial charge in [0.25, 0.3) is 17.5 Å². The normalized spacial score (nSPS) is 15.1. The molecule has 10 nitrogen and oxygen atoms in total. The molecule has 0 bridgehead atoms. The van der Waals surface area contributed by atoms with Crippen LogP contribution in [0.3, 0.4) is 0 Å². The average molecular weight is 424 g/mol. The van der Waals surface area contributed by atoms with Gasteiger partial charge in [-0.15, -0.1) is 0 Å². The molecule has 2 aromatic carbocycles. The summed E-state index contributed by atoms with van der Waals surface area (Å²) in [5.41, 5.74) is 0.298. The number of nitrogens with zero attached hydrogens (tertiary/aromatic N) is 3. The van der Waals surface area contributed by atoms with Crippen LogP contribution in [0.1, 0.15) is 12.5 Å². The number of carbonyl (C=O) groups excluding carboxylic acids is 3. The zero-order chi connectivity index (χ0) is 22.7. The van der Waals surface area contributed by atoms with E-state index < -0.39 is 22.8 Å². The summed E-state index contributed by atoms with van der Waals surface area (Å²) in [6.45, 7) is 2.07. The number of urea groups is 1. The molecule has 10 heteroatoms. The topological polar surface area (TPSA) is 122 Å². The molecule has 0 aliphatic carbocycles. The van der Waals surface area contributed by atoms with Gasteiger partial charge in [0.2, 0.25) is 0 Å². The van der Waals surface area contributed by atoms with Crippen molar-refractivity contribution in [2.75, 3.05) is 30.5 Å². The second kappa shape index (κ2) is 8.66. The maximum absolute atomic E-state index is 13.1. The van der Waals surface area contributed by atoms with E-state index in [1.807, 2.05) is 0 Å². The number of benzene rings is 2. The number of nitro groups is 1. The Kier molecular flexibility index (Phi) is 6.00. The lowest BCUT2D eigenvalue weighted by molar-refractivity contribution is -0.384. The highest BCUT2D eigenvalue weighted by molar-refractivity contribution is 6.39. The molecule has 1 aliphatic rings. The Hall–Kier alpha value is -4.21. The molecule has 1 heterocycles. The van der Waals surface area contributed by atoms with Gasteiger partial charge in [-0.3, -0.25) is 25.0 Å². The summed E-state index contributed by atoms with van der Waals surface area (Å²) in [6.07, 6.45) is 1.22. The maximum Gasteiger partial charge on any atom is 0.336 e. The standard InChI is InChI=1S/C21H20N4O6/c1-4-31-18-8-6-5-7-16(18)24-20(27)14(19(26)22-21(24)28)11-13-9-10-15(23(2)3)17(12-13)25(29)30/h5-12H,4H2,1-3H3,(H,22,26,28)/b14-11-. The number of barbiturate groups is 1. The van der Waals surface area contributed by atoms with E-state index in [-0.39, 0.29) is 22.5 Å². The van der Waals surface area contributed by atoms with Crippen molar-refractivity contribution >= 4 is 41.0 Å². The van der Waals surface area contributed by atoms with Gasteiger partial charge in [0.15, 0.2) is 0 Å². The number of nitro benzene ring substituents is 1. The molecule has 0 radical (unpaired) electrons. The Morgan fingerprint density at radius 3 is 2.52 bits per heavy atom. The fraction of sp³-hybridized carbons (Fsp3) is 0.190. The molecule has 1 saturated heterocycles. The molecule has 0 unspecified atom stereocenters. The van der Waals surface area contributed by atoms with Gasteiger partial charge >= 0.3 is 6.03 Å². The molecule has 31 heavy (non-hydrogen) atoms. The predicted octanol–water partition coefficient (Wildman–Crippen LogP) is 2.73. The molecule has 1 aliphatic heterocycles. The van der Waals surface area contributed by atoms with Crippen LogP contribution in [0.15, 0.2) is 48.0 Å². The van der Waals surface area contributed by atoms with Crippen LogP contribution < -0.4 is 19.9 Å². The molecule has 160 valence electrons. The molecule has 4 amide bonds. The van der Waals surface area contributed by atoms with Crippen LogP contribution in [0, 0.1) is 10.1 Å². The first-order valence-electron chi connectivity index (χ1n) is 9.33. The van der Waals surface area contributed by atoms with Gasteiger partial charge in [-0.1, -0.05) is 18.2 Å². The van der Waals surface area contributed by atoms with E-state index in [4.69, 9.17) is 4.74 Å². The fourth-order valence-corrected chi connectivity index (χ4v) is 3.12. The second-order valence-electron chi connectivity index (χ2n) is 6.76. The minimum Gasteiger partial charge on any atom is -0.492 e. The number of anilines is 2. The van der Waals surface area contributed by atoms with E-state index in [0.29, 0.717) is 18.0 Å². The quantitative estimate of drug-likeness (QED) is 0.327. The first kappa shape index (κ1) is 21.5. The summed E-state index contributed by atoms with van der Waals surface area (Å²) in [5, 5.41) is 13.5. The molecule has 0 spiro atoms. The Bertz CT molecular complexity index is 1110. The first-order chi connectivity index (χ1) is 14.7. The Labute approximate surface area is 177 Å². The second-order valence-corrected chi connectivity index (χ2v) is 6.76. The van der Waals surface area contributed by atoms with Crippen molar-refractivity contribution in [1.29, 1.82) is 0 Å². The number of rotatable bonds is 6. The number of amides is 4. The first-order valence-corrected chi connectivity index (χ1v) is 9.33. The number of nitrogens with one attached hydrogen (secondary N) is 1. The summed E-state index contributed by atoms with van der Waals surface area (Å²) < 4.78 is 5.49. The Morgan fingerprint density at radius 2 is 1.87 bits per heavy atom. The van der Waals surface area contributed by atoms with Gasteiger partial charge in [-0.05, 0) is 36.8 Å². The number of ether oxygens (including phenoxy) is 1. The minimum atomic E-state index is -0.909. The molecule has 0 saturated carbocycles. The number of para-hydroxylation sites is 2. The van der Waals surface area contributed by atoms with Crippen LogP contribution in [0.5, 0.6) is 5.75 Å². The molecule has 0 atom stereocenters. The molecular weight excluding hydrogens is 404 g/mol. The van der Waals surface area contributed by atoms with Gasteiger partial charge < -0.3 is 9.64 Å². The van der Waals surface area contributed by atoms with Crippen molar-refractivity contribution < 1.29 is 24.0 Å². The predicted molar refractivity (Wildman–Crippen MR) is 114 cm³/mol. The van der Waals surface area contributed by atoms with Crippen LogP contribution >= 0.6 is 0 Å². The Morgan fingerprint density at radius 1 is 1.16 bits per heavy atom. The monoisotopic (exact) mass is 424 g/mol. The highest BCUT2D eigenvalue weighted by atomic mass is 16.6. The van der Waals surface area contributed by atoms with Gasteiger partial charge in [-0.25, -0.2) is 9.69 Å². The van der Waals surface area contributed by atoms with E-state index in [9.17, 15) is 24.5 Å². The van der Waals surface area contributed by atoms with Crippen LogP contribution in [-0.4, -0.2) is 43.5 Å². The fourth-order valence-electron chi connectivity index (χ4n) is 3.12. The Balaban J connectivity index is 2.06. The smallest absolute Gasteiger partial charge is 0.336 e. The van der Waals surface area contributed by atoms with Gasteiger partial charge in [0, 0.05) is 20.2 Å². The van der Waals surface area contributed by atoms with Crippen LogP contribution in [-0.2, 0) is 9.59 Å². The van der Waals surface area contributed by atoms with Crippen molar-refractivity contribution in [2.24, 2.45) is 0 Å². The average Bonchev–Trinajstić information content (AvgIpc) is 2.72. The maximum atomic E-state index is 13.1. The lowest BCUT2D eigenvalue weighted by Gasteiger charge is -2.27. The molecule has 2 aromatic rings. The summed E-state index contributed by atoms with van der Waals surface area (Å²) in [7, 11) is 3.33. The van der Waals surface area contributed by atoms with E-state index in [1.54, 1.807) is 50.2 Å². The van der Waals surface area contributed by atoms with Crippen molar-refractivity contribution in [3.05, 3.63) is 63.7 Å². The van der Waals surface area contributed by atoms with E-state index in [2.05, 4.69) is 5.32 Å². The van der Waals surface area contributed by atoms with Gasteiger partial charge in [0.05, 0.1) is 17.2 Å². The summed E-state index contributed by atoms with van der Waals surface area (Å²) in [4.78, 5) is 51.2. The van der Waals surface area contributed by atoms with Crippen molar-refractivity contribution in [2.45, 2.75) is 6.92 Å². The van der Waals surface area contributed by atoms with E-state index in [0.717, 1.165) is 4.90 Å². The third-order valence-corrected chi connectivity index (χ3v) is 4.50.